The molecule has 3 N–H and O–H groups in total. The van der Waals surface area contributed by atoms with Crippen molar-refractivity contribution in [1.29, 1.82) is 0 Å². The highest BCUT2D eigenvalue weighted by atomic mass is 79.9. The highest BCUT2D eigenvalue weighted by Gasteiger charge is 2.58. The third kappa shape index (κ3) is 2.64. The Morgan fingerprint density at radius 3 is 1.12 bits per heavy atom. The first-order valence-corrected chi connectivity index (χ1v) is 12.0. The number of carboxylic acids is 3. The van der Waals surface area contributed by atoms with Gasteiger partial charge in [-0.25, -0.2) is 14.4 Å². The SMILES string of the molecule is Cc1cc2c(cc1C)C1(Br)c3cc(C(=O)O)c(C)cc3C2(Br)c2cc(C(=O)O)c(C(=O)O)cc21. The quantitative estimate of drug-likeness (QED) is 0.340. The molecule has 0 spiro atoms. The molecule has 0 aliphatic heterocycles. The summed E-state index contributed by atoms with van der Waals surface area (Å²) < 4.78 is -2.07. The molecule has 3 aliphatic rings. The van der Waals surface area contributed by atoms with Gasteiger partial charge in [0.1, 0.15) is 8.65 Å². The first-order valence-electron chi connectivity index (χ1n) is 10.4. The van der Waals surface area contributed by atoms with Crippen LogP contribution in [0.4, 0.5) is 0 Å². The van der Waals surface area contributed by atoms with Gasteiger partial charge in [0.25, 0.3) is 0 Å². The van der Waals surface area contributed by atoms with Gasteiger partial charge in [0.15, 0.2) is 0 Å². The van der Waals surface area contributed by atoms with Gasteiger partial charge in [-0.3, -0.25) is 0 Å². The molecule has 3 aromatic rings. The lowest BCUT2D eigenvalue weighted by Gasteiger charge is -2.52. The smallest absolute Gasteiger partial charge is 0.336 e. The number of aryl methyl sites for hydroxylation is 3. The maximum atomic E-state index is 12.0. The van der Waals surface area contributed by atoms with Crippen molar-refractivity contribution in [2.24, 2.45) is 0 Å². The summed E-state index contributed by atoms with van der Waals surface area (Å²) in [4.78, 5) is 36.0. The summed E-state index contributed by atoms with van der Waals surface area (Å²) in [7, 11) is 0. The standard InChI is InChI=1S/C26H18Br2O6/c1-10-4-16-17(5-11(10)2)26(28)19-7-13(22(29)30)12(3)6-18(19)25(16,27)20-8-14(23(31)32)15(24(33)34)9-21(20)26/h4-9H,1-3H3,(H,29,30)(H,31,32)(H,33,34). The first-order chi connectivity index (χ1) is 15.8. The van der Waals surface area contributed by atoms with E-state index in [9.17, 15) is 29.7 Å². The van der Waals surface area contributed by atoms with Crippen LogP contribution in [-0.2, 0) is 8.65 Å². The summed E-state index contributed by atoms with van der Waals surface area (Å²) in [5.41, 5.74) is 6.54. The van der Waals surface area contributed by atoms with E-state index in [1.165, 1.54) is 12.1 Å². The van der Waals surface area contributed by atoms with Crippen molar-refractivity contribution in [2.75, 3.05) is 0 Å². The van der Waals surface area contributed by atoms with E-state index in [4.69, 9.17) is 0 Å². The Hall–Kier alpha value is -2.97. The summed E-state index contributed by atoms with van der Waals surface area (Å²) in [6.45, 7) is 5.69. The van der Waals surface area contributed by atoms with Crippen molar-refractivity contribution in [3.8, 4) is 0 Å². The maximum Gasteiger partial charge on any atom is 0.336 e. The van der Waals surface area contributed by atoms with E-state index in [1.807, 2.05) is 32.0 Å². The molecule has 0 saturated carbocycles. The van der Waals surface area contributed by atoms with Gasteiger partial charge in [0, 0.05) is 0 Å². The molecule has 6 rings (SSSR count). The zero-order chi connectivity index (χ0) is 24.9. The van der Waals surface area contributed by atoms with Gasteiger partial charge in [-0.05, 0) is 89.0 Å². The van der Waals surface area contributed by atoms with Crippen LogP contribution >= 0.6 is 31.9 Å². The Kier molecular flexibility index (Phi) is 4.71. The third-order valence-corrected chi connectivity index (χ3v) is 9.64. The molecule has 2 unspecified atom stereocenters. The number of hydrogen-bond acceptors (Lipinski definition) is 3. The van der Waals surface area contributed by atoms with Crippen LogP contribution in [0.5, 0.6) is 0 Å². The normalized spacial score (nSPS) is 21.4. The van der Waals surface area contributed by atoms with E-state index in [1.54, 1.807) is 13.0 Å². The molecule has 3 aromatic carbocycles. The van der Waals surface area contributed by atoms with Crippen LogP contribution in [0.25, 0.3) is 0 Å². The van der Waals surface area contributed by atoms with Crippen LogP contribution in [0.2, 0.25) is 0 Å². The van der Waals surface area contributed by atoms with Crippen LogP contribution in [0.1, 0.15) is 81.1 Å². The number of aromatic carboxylic acids is 3. The Morgan fingerprint density at radius 2 is 0.794 bits per heavy atom. The second kappa shape index (κ2) is 7.02. The fraction of sp³-hybridized carbons (Fsp3) is 0.192. The van der Waals surface area contributed by atoms with Crippen LogP contribution in [0.15, 0.2) is 36.4 Å². The highest BCUT2D eigenvalue weighted by Crippen LogP contribution is 2.67. The minimum absolute atomic E-state index is 0.147. The molecule has 172 valence electrons. The summed E-state index contributed by atoms with van der Waals surface area (Å²) in [5.74, 6) is -3.74. The molecule has 3 aliphatic carbocycles. The van der Waals surface area contributed by atoms with Gasteiger partial charge < -0.3 is 15.3 Å². The average Bonchev–Trinajstić information content (AvgIpc) is 2.76. The van der Waals surface area contributed by atoms with Gasteiger partial charge in [-0.2, -0.15) is 0 Å². The van der Waals surface area contributed by atoms with E-state index < -0.39 is 26.6 Å². The second-order valence-corrected chi connectivity index (χ2v) is 11.2. The molecule has 0 heterocycles. The van der Waals surface area contributed by atoms with Gasteiger partial charge >= 0.3 is 17.9 Å². The number of rotatable bonds is 3. The lowest BCUT2D eigenvalue weighted by atomic mass is 9.59. The number of alkyl halides is 2. The topological polar surface area (TPSA) is 112 Å². The number of benzene rings is 3. The summed E-state index contributed by atoms with van der Waals surface area (Å²) in [6, 6.07) is 10.3. The number of carbonyl (C=O) groups is 3. The van der Waals surface area contributed by atoms with E-state index in [0.29, 0.717) is 22.3 Å². The van der Waals surface area contributed by atoms with Crippen molar-refractivity contribution in [1.82, 2.24) is 0 Å². The van der Waals surface area contributed by atoms with Crippen LogP contribution in [0, 0.1) is 20.8 Å². The predicted octanol–water partition coefficient (Wildman–Crippen LogP) is 5.71. The molecule has 6 nitrogen and oxygen atoms in total. The van der Waals surface area contributed by atoms with Crippen molar-refractivity contribution in [3.05, 3.63) is 103 Å². The Bertz CT molecular complexity index is 1510. The van der Waals surface area contributed by atoms with E-state index in [0.717, 1.165) is 27.8 Å². The van der Waals surface area contributed by atoms with Crippen LogP contribution in [0.3, 0.4) is 0 Å². The molecular weight excluding hydrogens is 568 g/mol. The minimum Gasteiger partial charge on any atom is -0.478 e. The van der Waals surface area contributed by atoms with Gasteiger partial charge in [-0.15, -0.1) is 0 Å². The summed E-state index contributed by atoms with van der Waals surface area (Å²) in [6.07, 6.45) is 0. The molecule has 8 heteroatoms. The van der Waals surface area contributed by atoms with E-state index >= 15 is 0 Å². The Balaban J connectivity index is 2.01. The molecular formula is C26H18Br2O6. The Labute approximate surface area is 211 Å². The second-order valence-electron chi connectivity index (χ2n) is 8.87. The molecule has 2 bridgehead atoms. The number of carboxylic acid groups (broad SMARTS) is 3. The third-order valence-electron chi connectivity index (χ3n) is 7.07. The van der Waals surface area contributed by atoms with Crippen molar-refractivity contribution >= 4 is 49.8 Å². The summed E-state index contributed by atoms with van der Waals surface area (Å²) >= 11 is 7.85. The average molecular weight is 586 g/mol. The monoisotopic (exact) mass is 584 g/mol. The minimum atomic E-state index is -1.35. The fourth-order valence-corrected chi connectivity index (χ4v) is 7.26. The summed E-state index contributed by atoms with van der Waals surface area (Å²) in [5, 5.41) is 29.4. The molecule has 2 atom stereocenters. The molecule has 0 radical (unpaired) electrons. The van der Waals surface area contributed by atoms with E-state index in [2.05, 4.69) is 31.9 Å². The van der Waals surface area contributed by atoms with Crippen molar-refractivity contribution in [3.63, 3.8) is 0 Å². The van der Waals surface area contributed by atoms with Gasteiger partial charge in [0.2, 0.25) is 0 Å². The van der Waals surface area contributed by atoms with Crippen molar-refractivity contribution < 1.29 is 29.7 Å². The fourth-order valence-electron chi connectivity index (χ4n) is 5.29. The van der Waals surface area contributed by atoms with Crippen molar-refractivity contribution in [2.45, 2.75) is 29.4 Å². The lowest BCUT2D eigenvalue weighted by Crippen LogP contribution is -2.46. The largest absolute Gasteiger partial charge is 0.478 e. The Morgan fingerprint density at radius 1 is 0.529 bits per heavy atom. The van der Waals surface area contributed by atoms with E-state index in [-0.39, 0.29) is 16.7 Å². The van der Waals surface area contributed by atoms with Crippen LogP contribution in [-0.4, -0.2) is 33.2 Å². The maximum absolute atomic E-state index is 12.0. The zero-order valence-corrected chi connectivity index (χ0v) is 21.5. The molecule has 0 amide bonds. The van der Waals surface area contributed by atoms with Gasteiger partial charge in [0.05, 0.1) is 16.7 Å². The predicted molar refractivity (Wildman–Crippen MR) is 132 cm³/mol. The molecule has 34 heavy (non-hydrogen) atoms. The lowest BCUT2D eigenvalue weighted by molar-refractivity contribution is 0.0651. The molecule has 0 saturated heterocycles. The molecule has 0 fully saturated rings. The molecule has 0 aromatic heterocycles. The van der Waals surface area contributed by atoms with Gasteiger partial charge in [-0.1, -0.05) is 50.1 Å². The zero-order valence-electron chi connectivity index (χ0n) is 18.3. The highest BCUT2D eigenvalue weighted by molar-refractivity contribution is 9.10. The van der Waals surface area contributed by atoms with Crippen LogP contribution < -0.4 is 0 Å². The first kappa shape index (κ1) is 22.8. The number of halogens is 2. The number of hydrogen-bond donors (Lipinski definition) is 3.